The van der Waals surface area contributed by atoms with E-state index in [4.69, 9.17) is 14.2 Å². The summed E-state index contributed by atoms with van der Waals surface area (Å²) in [6, 6.07) is 19.4. The van der Waals surface area contributed by atoms with Gasteiger partial charge in [-0.15, -0.1) is 0 Å². The number of carbonyl (C=O) groups excluding carboxylic acids is 1. The number of hydrogen-bond donors (Lipinski definition) is 1. The second kappa shape index (κ2) is 10.9. The van der Waals surface area contributed by atoms with Crippen LogP contribution in [-0.2, 0) is 20.2 Å². The summed E-state index contributed by atoms with van der Waals surface area (Å²) in [5.74, 6) is 1.07. The second-order valence-corrected chi connectivity index (χ2v) is 12.0. The highest BCUT2D eigenvalue weighted by Gasteiger charge is 2.38. The Hall–Kier alpha value is -3.72. The number of methoxy groups -OCH3 is 1. The van der Waals surface area contributed by atoms with E-state index in [1.54, 1.807) is 49.6 Å². The fourth-order valence-corrected chi connectivity index (χ4v) is 5.57. The molecule has 3 aromatic carbocycles. The Morgan fingerprint density at radius 1 is 1.05 bits per heavy atom. The molecule has 1 unspecified atom stereocenters. The number of hydrogen-bond acceptors (Lipinski definition) is 6. The lowest BCUT2D eigenvalue weighted by Gasteiger charge is -2.36. The van der Waals surface area contributed by atoms with E-state index in [0.29, 0.717) is 22.9 Å². The molecule has 0 bridgehead atoms. The normalized spacial score (nSPS) is 15.3. The van der Waals surface area contributed by atoms with E-state index in [0.717, 1.165) is 11.1 Å². The van der Waals surface area contributed by atoms with Crippen LogP contribution in [0.15, 0.2) is 71.6 Å². The number of anilines is 1. The van der Waals surface area contributed by atoms with Crippen LogP contribution in [0.4, 0.5) is 5.69 Å². The molecule has 1 heterocycles. The van der Waals surface area contributed by atoms with Gasteiger partial charge < -0.3 is 19.5 Å². The van der Waals surface area contributed by atoms with Gasteiger partial charge in [0.15, 0.2) is 17.6 Å². The first-order valence-corrected chi connectivity index (χ1v) is 13.9. The van der Waals surface area contributed by atoms with Gasteiger partial charge in [-0.05, 0) is 54.3 Å². The van der Waals surface area contributed by atoms with Crippen LogP contribution in [0.1, 0.15) is 31.9 Å². The number of ether oxygens (including phenoxy) is 3. The van der Waals surface area contributed by atoms with Gasteiger partial charge in [-0.2, -0.15) is 0 Å². The minimum atomic E-state index is -3.96. The zero-order valence-corrected chi connectivity index (χ0v) is 23.2. The van der Waals surface area contributed by atoms with Gasteiger partial charge in [0, 0.05) is 0 Å². The number of nitrogens with zero attached hydrogens (tertiary/aromatic N) is 1. The van der Waals surface area contributed by atoms with Crippen molar-refractivity contribution in [2.75, 3.05) is 31.1 Å². The van der Waals surface area contributed by atoms with Crippen molar-refractivity contribution >= 4 is 21.6 Å². The van der Waals surface area contributed by atoms with Crippen LogP contribution in [0, 0.1) is 6.92 Å². The van der Waals surface area contributed by atoms with Crippen LogP contribution in [-0.4, -0.2) is 47.2 Å². The summed E-state index contributed by atoms with van der Waals surface area (Å²) < 4.78 is 45.8. The predicted octanol–water partition coefficient (Wildman–Crippen LogP) is 4.45. The van der Waals surface area contributed by atoms with Crippen molar-refractivity contribution in [1.82, 2.24) is 5.32 Å². The highest BCUT2D eigenvalue weighted by molar-refractivity contribution is 7.92. The highest BCUT2D eigenvalue weighted by Crippen LogP contribution is 2.40. The van der Waals surface area contributed by atoms with Crippen molar-refractivity contribution in [2.45, 2.75) is 44.1 Å². The summed E-state index contributed by atoms with van der Waals surface area (Å²) in [6.07, 6.45) is -1.03. The van der Waals surface area contributed by atoms with Crippen LogP contribution in [0.5, 0.6) is 17.2 Å². The molecule has 0 aromatic heterocycles. The maximum absolute atomic E-state index is 13.8. The largest absolute Gasteiger partial charge is 0.493 e. The molecule has 0 spiro atoms. The van der Waals surface area contributed by atoms with Crippen molar-refractivity contribution in [3.05, 3.63) is 77.9 Å². The van der Waals surface area contributed by atoms with E-state index >= 15 is 0 Å². The third-order valence-corrected chi connectivity index (χ3v) is 8.12. The van der Waals surface area contributed by atoms with Gasteiger partial charge in [0.2, 0.25) is 0 Å². The van der Waals surface area contributed by atoms with Crippen molar-refractivity contribution in [3.8, 4) is 17.2 Å². The van der Waals surface area contributed by atoms with Crippen molar-refractivity contribution < 1.29 is 27.4 Å². The van der Waals surface area contributed by atoms with Crippen molar-refractivity contribution in [3.63, 3.8) is 0 Å². The van der Waals surface area contributed by atoms with Crippen LogP contribution in [0.2, 0.25) is 0 Å². The van der Waals surface area contributed by atoms with Crippen molar-refractivity contribution in [1.29, 1.82) is 0 Å². The third kappa shape index (κ3) is 5.88. The molecule has 1 amide bonds. The van der Waals surface area contributed by atoms with Gasteiger partial charge in [-0.1, -0.05) is 56.7 Å². The Morgan fingerprint density at radius 2 is 1.74 bits per heavy atom. The summed E-state index contributed by atoms with van der Waals surface area (Å²) in [4.78, 5) is 13.2. The van der Waals surface area contributed by atoms with Gasteiger partial charge in [-0.25, -0.2) is 8.42 Å². The summed E-state index contributed by atoms with van der Waals surface area (Å²) in [5.41, 5.74) is 2.13. The van der Waals surface area contributed by atoms with E-state index in [-0.39, 0.29) is 30.0 Å². The van der Waals surface area contributed by atoms with E-state index < -0.39 is 22.0 Å². The number of sulfonamides is 1. The maximum Gasteiger partial charge on any atom is 0.264 e. The number of aryl methyl sites for hydroxylation is 1. The van der Waals surface area contributed by atoms with Crippen molar-refractivity contribution in [2.24, 2.45) is 0 Å². The molecule has 8 nitrogen and oxygen atoms in total. The van der Waals surface area contributed by atoms with Gasteiger partial charge in [0.05, 0.1) is 30.8 Å². The molecule has 0 fully saturated rings. The average molecular weight is 539 g/mol. The van der Waals surface area contributed by atoms with Gasteiger partial charge in [-0.3, -0.25) is 9.10 Å². The van der Waals surface area contributed by atoms with Gasteiger partial charge in [0.25, 0.3) is 15.9 Å². The van der Waals surface area contributed by atoms with Crippen LogP contribution in [0.25, 0.3) is 0 Å². The molecule has 0 saturated heterocycles. The fraction of sp³-hybridized carbons (Fsp3) is 0.345. The molecule has 1 N–H and O–H groups in total. The quantitative estimate of drug-likeness (QED) is 0.426. The summed E-state index contributed by atoms with van der Waals surface area (Å²) in [7, 11) is -2.40. The first kappa shape index (κ1) is 27.3. The molecule has 0 radical (unpaired) electrons. The Kier molecular flexibility index (Phi) is 7.87. The monoisotopic (exact) mass is 538 g/mol. The maximum atomic E-state index is 13.8. The zero-order chi connectivity index (χ0) is 27.5. The molecule has 4 rings (SSSR count). The smallest absolute Gasteiger partial charge is 0.264 e. The van der Waals surface area contributed by atoms with E-state index in [9.17, 15) is 13.2 Å². The fourth-order valence-electron chi connectivity index (χ4n) is 4.11. The summed E-state index contributed by atoms with van der Waals surface area (Å²) in [5, 5.41) is 2.79. The molecule has 38 heavy (non-hydrogen) atoms. The van der Waals surface area contributed by atoms with E-state index in [1.165, 1.54) is 4.31 Å². The molecule has 0 aliphatic carbocycles. The average Bonchev–Trinajstić information content (AvgIpc) is 2.89. The van der Waals surface area contributed by atoms with E-state index in [1.807, 2.05) is 31.2 Å². The topological polar surface area (TPSA) is 94.2 Å². The number of benzene rings is 3. The Balaban J connectivity index is 1.55. The first-order chi connectivity index (χ1) is 18.0. The Morgan fingerprint density at radius 3 is 2.39 bits per heavy atom. The molecule has 1 aliphatic heterocycles. The standard InChI is InChI=1S/C29H34N2O6S/c1-20-10-13-22(14-11-20)38(33,34)31-19-27(37-24-15-12-21(18-23(24)31)29(2,3)4)28(32)30-16-17-36-26-9-7-6-8-25(26)35-5/h6-15,18,27H,16-17,19H2,1-5H3,(H,30,32). The molecule has 1 atom stereocenters. The number of carbonyl (C=O) groups is 1. The Bertz CT molecular complexity index is 1400. The number of para-hydroxylation sites is 2. The summed E-state index contributed by atoms with van der Waals surface area (Å²) >= 11 is 0. The molecule has 202 valence electrons. The van der Waals surface area contributed by atoms with Crippen LogP contribution < -0.4 is 23.8 Å². The third-order valence-electron chi connectivity index (χ3n) is 6.32. The lowest BCUT2D eigenvalue weighted by atomic mass is 9.86. The van der Waals surface area contributed by atoms with Gasteiger partial charge >= 0.3 is 0 Å². The lowest BCUT2D eigenvalue weighted by molar-refractivity contribution is -0.127. The predicted molar refractivity (Wildman–Crippen MR) is 147 cm³/mol. The number of rotatable bonds is 8. The lowest BCUT2D eigenvalue weighted by Crippen LogP contribution is -2.51. The Labute approximate surface area is 224 Å². The molecular formula is C29H34N2O6S. The minimum Gasteiger partial charge on any atom is -0.493 e. The number of amides is 1. The second-order valence-electron chi connectivity index (χ2n) is 10.2. The molecule has 0 saturated carbocycles. The molecular weight excluding hydrogens is 504 g/mol. The first-order valence-electron chi connectivity index (χ1n) is 12.4. The molecule has 3 aromatic rings. The molecule has 1 aliphatic rings. The number of nitrogens with one attached hydrogen (secondary N) is 1. The highest BCUT2D eigenvalue weighted by atomic mass is 32.2. The van der Waals surface area contributed by atoms with Gasteiger partial charge in [0.1, 0.15) is 12.4 Å². The molecule has 9 heteroatoms. The van der Waals surface area contributed by atoms with E-state index in [2.05, 4.69) is 26.1 Å². The van der Waals surface area contributed by atoms with Crippen LogP contribution in [0.3, 0.4) is 0 Å². The SMILES string of the molecule is COc1ccccc1OCCNC(=O)C1CN(S(=O)(=O)c2ccc(C)cc2)c2cc(C(C)(C)C)ccc2O1. The zero-order valence-electron chi connectivity index (χ0n) is 22.4. The van der Waals surface area contributed by atoms with Crippen LogP contribution >= 0.6 is 0 Å². The minimum absolute atomic E-state index is 0.154. The number of fused-ring (bicyclic) bond motifs is 1. The summed E-state index contributed by atoms with van der Waals surface area (Å²) in [6.45, 7) is 8.32.